The molecular weight excluding hydrogens is 352 g/mol. The SMILES string of the molecule is Cc1ccc(C(F)(F)F)cc1C1=C(OC(F)F)[N]N=C1C(F)(F)F. The lowest BCUT2D eigenvalue weighted by molar-refractivity contribution is -0.137. The molecule has 3 nitrogen and oxygen atoms in total. The van der Waals surface area contributed by atoms with Crippen LogP contribution in [0.25, 0.3) is 5.57 Å². The van der Waals surface area contributed by atoms with Crippen molar-refractivity contribution in [2.24, 2.45) is 5.10 Å². The number of allylic oxidation sites excluding steroid dienone is 1. The summed E-state index contributed by atoms with van der Waals surface area (Å²) in [4.78, 5) is 0. The van der Waals surface area contributed by atoms with Gasteiger partial charge in [0.05, 0.1) is 11.1 Å². The molecule has 0 N–H and O–H groups in total. The van der Waals surface area contributed by atoms with E-state index >= 15 is 0 Å². The first-order valence-electron chi connectivity index (χ1n) is 6.15. The predicted octanol–water partition coefficient (Wildman–Crippen LogP) is 4.46. The van der Waals surface area contributed by atoms with Crippen LogP contribution >= 0.6 is 0 Å². The zero-order valence-electron chi connectivity index (χ0n) is 11.6. The van der Waals surface area contributed by atoms with Crippen molar-refractivity contribution in [3.05, 3.63) is 40.8 Å². The molecular formula is C13H7F8N2O. The highest BCUT2D eigenvalue weighted by Crippen LogP contribution is 2.38. The van der Waals surface area contributed by atoms with Crippen LogP contribution < -0.4 is 5.43 Å². The number of aryl methyl sites for hydroxylation is 1. The van der Waals surface area contributed by atoms with Crippen molar-refractivity contribution in [1.29, 1.82) is 0 Å². The number of halogens is 8. The molecule has 0 aliphatic carbocycles. The largest absolute Gasteiger partial charge is 0.436 e. The lowest BCUT2D eigenvalue weighted by Crippen LogP contribution is -2.24. The summed E-state index contributed by atoms with van der Waals surface area (Å²) in [6.45, 7) is -2.30. The molecule has 0 bridgehead atoms. The highest BCUT2D eigenvalue weighted by atomic mass is 19.4. The van der Waals surface area contributed by atoms with Gasteiger partial charge in [-0.25, -0.2) is 0 Å². The minimum absolute atomic E-state index is 0.0255. The highest BCUT2D eigenvalue weighted by Gasteiger charge is 2.45. The maximum absolute atomic E-state index is 13.0. The molecule has 1 radical (unpaired) electrons. The second-order valence-corrected chi connectivity index (χ2v) is 4.63. The van der Waals surface area contributed by atoms with Crippen molar-refractivity contribution in [3.63, 3.8) is 0 Å². The Morgan fingerprint density at radius 1 is 1.00 bits per heavy atom. The van der Waals surface area contributed by atoms with Crippen LogP contribution in [0.3, 0.4) is 0 Å². The third kappa shape index (κ3) is 3.60. The maximum atomic E-state index is 13.0. The van der Waals surface area contributed by atoms with Crippen LogP contribution in [-0.4, -0.2) is 18.5 Å². The standard InChI is InChI=1S/C13H7F8N2O/c1-5-2-3-6(12(16,17)18)4-7(5)8-9(13(19,20)21)22-23-10(8)24-11(14)15/h2-4,11H,1H3. The summed E-state index contributed by atoms with van der Waals surface area (Å²) in [5.74, 6) is -1.19. The molecule has 0 spiro atoms. The van der Waals surface area contributed by atoms with E-state index in [4.69, 9.17) is 0 Å². The molecule has 0 amide bonds. The van der Waals surface area contributed by atoms with E-state index < -0.39 is 47.3 Å². The number of alkyl halides is 8. The molecule has 2 rings (SSSR count). The van der Waals surface area contributed by atoms with Gasteiger partial charge in [0.1, 0.15) is 0 Å². The first-order chi connectivity index (χ1) is 10.9. The number of hydrogen-bond donors (Lipinski definition) is 0. The van der Waals surface area contributed by atoms with Crippen LogP contribution in [0, 0.1) is 6.92 Å². The topological polar surface area (TPSA) is 35.7 Å². The van der Waals surface area contributed by atoms with Gasteiger partial charge in [-0.05, 0) is 30.2 Å². The summed E-state index contributed by atoms with van der Waals surface area (Å²) in [6, 6.07) is 1.97. The van der Waals surface area contributed by atoms with Gasteiger partial charge in [-0.15, -0.1) is 10.5 Å². The van der Waals surface area contributed by atoms with Gasteiger partial charge in [-0.1, -0.05) is 6.07 Å². The van der Waals surface area contributed by atoms with Gasteiger partial charge in [0.15, 0.2) is 5.71 Å². The van der Waals surface area contributed by atoms with Crippen molar-refractivity contribution in [3.8, 4) is 0 Å². The molecule has 11 heteroatoms. The van der Waals surface area contributed by atoms with E-state index in [-0.39, 0.29) is 5.56 Å². The maximum Gasteiger partial charge on any atom is 0.436 e. The molecule has 1 aromatic rings. The molecule has 1 heterocycles. The quantitative estimate of drug-likeness (QED) is 0.734. The summed E-state index contributed by atoms with van der Waals surface area (Å²) in [6.07, 6.45) is -9.95. The molecule has 0 fully saturated rings. The van der Waals surface area contributed by atoms with E-state index in [0.29, 0.717) is 12.1 Å². The molecule has 0 unspecified atom stereocenters. The lowest BCUT2D eigenvalue weighted by Gasteiger charge is -2.15. The minimum atomic E-state index is -5.12. The van der Waals surface area contributed by atoms with Gasteiger partial charge in [0.25, 0.3) is 0 Å². The summed E-state index contributed by atoms with van der Waals surface area (Å²) in [5.41, 5.74) is -1.77. The highest BCUT2D eigenvalue weighted by molar-refractivity contribution is 6.28. The fourth-order valence-corrected chi connectivity index (χ4v) is 1.97. The number of hydrogen-bond acceptors (Lipinski definition) is 2. The van der Waals surface area contributed by atoms with Crippen molar-refractivity contribution < 1.29 is 39.9 Å². The first-order valence-corrected chi connectivity index (χ1v) is 6.15. The average molecular weight is 359 g/mol. The predicted molar refractivity (Wildman–Crippen MR) is 65.8 cm³/mol. The molecule has 1 aliphatic rings. The van der Waals surface area contributed by atoms with Crippen LogP contribution in [-0.2, 0) is 10.9 Å². The third-order valence-corrected chi connectivity index (χ3v) is 2.99. The summed E-state index contributed by atoms with van der Waals surface area (Å²) in [7, 11) is 0. The van der Waals surface area contributed by atoms with Gasteiger partial charge in [0, 0.05) is 0 Å². The zero-order valence-corrected chi connectivity index (χ0v) is 11.6. The Kier molecular flexibility index (Phi) is 4.46. The normalized spacial score (nSPS) is 15.7. The van der Waals surface area contributed by atoms with Gasteiger partial charge in [-0.2, -0.15) is 35.1 Å². The van der Waals surface area contributed by atoms with E-state index in [2.05, 4.69) is 15.3 Å². The Hall–Kier alpha value is -2.33. The van der Waals surface area contributed by atoms with Crippen LogP contribution in [0.5, 0.6) is 0 Å². The van der Waals surface area contributed by atoms with E-state index in [1.54, 1.807) is 0 Å². The molecule has 0 saturated carbocycles. The number of nitrogens with zero attached hydrogens (tertiary/aromatic N) is 2. The lowest BCUT2D eigenvalue weighted by atomic mass is 9.95. The van der Waals surface area contributed by atoms with E-state index in [1.807, 2.05) is 0 Å². The second kappa shape index (κ2) is 5.95. The van der Waals surface area contributed by atoms with Crippen molar-refractivity contribution >= 4 is 11.3 Å². The average Bonchev–Trinajstić information content (AvgIpc) is 2.80. The van der Waals surface area contributed by atoms with Gasteiger partial charge < -0.3 is 4.74 Å². The molecule has 0 aromatic heterocycles. The Balaban J connectivity index is 2.66. The monoisotopic (exact) mass is 359 g/mol. The van der Waals surface area contributed by atoms with Gasteiger partial charge >= 0.3 is 19.0 Å². The van der Waals surface area contributed by atoms with Gasteiger partial charge in [0.2, 0.25) is 5.88 Å². The van der Waals surface area contributed by atoms with Gasteiger partial charge in [-0.3, -0.25) is 0 Å². The Bertz CT molecular complexity index is 703. The Morgan fingerprint density at radius 2 is 1.62 bits per heavy atom. The summed E-state index contributed by atoms with van der Waals surface area (Å²) < 4.78 is 106. The fourth-order valence-electron chi connectivity index (χ4n) is 1.97. The molecule has 24 heavy (non-hydrogen) atoms. The van der Waals surface area contributed by atoms with Crippen molar-refractivity contribution in [2.45, 2.75) is 25.9 Å². The Labute approximate surface area is 129 Å². The molecule has 131 valence electrons. The number of rotatable bonds is 3. The number of ether oxygens (including phenoxy) is 1. The zero-order chi connectivity index (χ0) is 18.3. The van der Waals surface area contributed by atoms with Crippen LogP contribution in [0.15, 0.2) is 29.2 Å². The van der Waals surface area contributed by atoms with Crippen LogP contribution in [0.1, 0.15) is 16.7 Å². The molecule has 0 saturated heterocycles. The second-order valence-electron chi connectivity index (χ2n) is 4.63. The molecule has 1 aliphatic heterocycles. The Morgan fingerprint density at radius 3 is 2.12 bits per heavy atom. The van der Waals surface area contributed by atoms with E-state index in [1.165, 1.54) is 6.92 Å². The van der Waals surface area contributed by atoms with Crippen LogP contribution in [0.4, 0.5) is 35.1 Å². The van der Waals surface area contributed by atoms with Crippen LogP contribution in [0.2, 0.25) is 0 Å². The summed E-state index contributed by atoms with van der Waals surface area (Å²) in [5, 5.41) is 2.74. The minimum Gasteiger partial charge on any atom is -0.415 e. The third-order valence-electron chi connectivity index (χ3n) is 2.99. The first kappa shape index (κ1) is 18.0. The van der Waals surface area contributed by atoms with E-state index in [9.17, 15) is 35.1 Å². The van der Waals surface area contributed by atoms with E-state index in [0.717, 1.165) is 6.07 Å². The molecule has 0 atom stereocenters. The smallest absolute Gasteiger partial charge is 0.415 e. The summed E-state index contributed by atoms with van der Waals surface area (Å²) >= 11 is 0. The van der Waals surface area contributed by atoms with Crippen molar-refractivity contribution in [1.82, 2.24) is 5.43 Å². The molecule has 1 aromatic carbocycles. The van der Waals surface area contributed by atoms with Crippen molar-refractivity contribution in [2.75, 3.05) is 0 Å². The number of benzene rings is 1. The fraction of sp³-hybridized carbons (Fsp3) is 0.308.